The van der Waals surface area contributed by atoms with Crippen LogP contribution in [0, 0.1) is 5.41 Å². The van der Waals surface area contributed by atoms with E-state index >= 15 is 0 Å². The van der Waals surface area contributed by atoms with E-state index in [1.807, 2.05) is 0 Å². The summed E-state index contributed by atoms with van der Waals surface area (Å²) in [6.07, 6.45) is 0. The number of nitrogens with one attached hydrogen (secondary N) is 2. The molecule has 1 saturated heterocycles. The van der Waals surface area contributed by atoms with Crippen molar-refractivity contribution in [2.24, 2.45) is 5.41 Å². The highest BCUT2D eigenvalue weighted by molar-refractivity contribution is 7.94. The first-order valence-electron chi connectivity index (χ1n) is 8.11. The summed E-state index contributed by atoms with van der Waals surface area (Å²) >= 11 is 0. The summed E-state index contributed by atoms with van der Waals surface area (Å²) in [6, 6.07) is 17.5. The van der Waals surface area contributed by atoms with Gasteiger partial charge in [0.05, 0.1) is 5.75 Å². The lowest BCUT2D eigenvalue weighted by molar-refractivity contribution is -0.133. The molecule has 1 spiro atoms. The maximum Gasteiger partial charge on any atom is 0.259 e. The summed E-state index contributed by atoms with van der Waals surface area (Å²) in [5.74, 6) is -2.21. The summed E-state index contributed by atoms with van der Waals surface area (Å²) in [6.45, 7) is 0. The van der Waals surface area contributed by atoms with Crippen LogP contribution in [0.5, 0.6) is 0 Å². The maximum atomic E-state index is 12.9. The van der Waals surface area contributed by atoms with Gasteiger partial charge in [-0.3, -0.25) is 20.4 Å². The molecule has 26 heavy (non-hydrogen) atoms. The smallest absolute Gasteiger partial charge is 0.259 e. The van der Waals surface area contributed by atoms with Gasteiger partial charge in [-0.15, -0.1) is 0 Å². The normalized spacial score (nSPS) is 23.2. The number of rotatable bonds is 2. The number of amides is 2. The highest BCUT2D eigenvalue weighted by atomic mass is 32.2. The first-order chi connectivity index (χ1) is 12.4. The maximum absolute atomic E-state index is 12.9. The van der Waals surface area contributed by atoms with Crippen molar-refractivity contribution in [3.8, 4) is 0 Å². The molecular weight excluding hydrogens is 352 g/mol. The summed E-state index contributed by atoms with van der Waals surface area (Å²) in [5, 5.41) is 1.08. The third kappa shape index (κ3) is 2.35. The molecule has 4 rings (SSSR count). The molecule has 2 heterocycles. The Morgan fingerprint density at radius 1 is 0.846 bits per heavy atom. The van der Waals surface area contributed by atoms with Gasteiger partial charge in [0, 0.05) is 11.3 Å². The Morgan fingerprint density at radius 3 is 1.96 bits per heavy atom. The molecule has 0 aliphatic carbocycles. The number of sulfone groups is 1. The largest absolute Gasteiger partial charge is 0.272 e. The van der Waals surface area contributed by atoms with Crippen LogP contribution in [0.1, 0.15) is 17.0 Å². The van der Waals surface area contributed by atoms with Crippen LogP contribution < -0.4 is 10.9 Å². The molecule has 0 bridgehead atoms. The van der Waals surface area contributed by atoms with E-state index in [4.69, 9.17) is 0 Å². The molecule has 1 fully saturated rings. The average Bonchev–Trinajstić information content (AvgIpc) is 2.94. The van der Waals surface area contributed by atoms with Crippen molar-refractivity contribution in [2.45, 2.75) is 5.92 Å². The van der Waals surface area contributed by atoms with Gasteiger partial charge in [-0.2, -0.15) is 0 Å². The SMILES string of the molecule is O=C1NNC(=O)C12C(c1ccccc1)=CS(=O)(=O)CC2c1ccccc1. The molecule has 2 aromatic rings. The van der Waals surface area contributed by atoms with Crippen molar-refractivity contribution in [2.75, 3.05) is 5.75 Å². The van der Waals surface area contributed by atoms with Gasteiger partial charge in [0.25, 0.3) is 11.8 Å². The van der Waals surface area contributed by atoms with Gasteiger partial charge < -0.3 is 0 Å². The van der Waals surface area contributed by atoms with E-state index in [2.05, 4.69) is 10.9 Å². The fraction of sp³-hybridized carbons (Fsp3) is 0.158. The predicted octanol–water partition coefficient (Wildman–Crippen LogP) is 1.39. The highest BCUT2D eigenvalue weighted by Gasteiger charge is 2.62. The van der Waals surface area contributed by atoms with Crippen LogP contribution in [-0.2, 0) is 19.4 Å². The van der Waals surface area contributed by atoms with Gasteiger partial charge in [-0.1, -0.05) is 60.7 Å². The number of hydrogen-bond donors (Lipinski definition) is 2. The fourth-order valence-corrected chi connectivity index (χ4v) is 5.47. The fourth-order valence-electron chi connectivity index (χ4n) is 3.79. The summed E-state index contributed by atoms with van der Waals surface area (Å²) in [5.41, 5.74) is 4.49. The van der Waals surface area contributed by atoms with E-state index in [-0.39, 0.29) is 11.3 Å². The Hall–Kier alpha value is -2.93. The monoisotopic (exact) mass is 368 g/mol. The van der Waals surface area contributed by atoms with Crippen molar-refractivity contribution in [3.63, 3.8) is 0 Å². The van der Waals surface area contributed by atoms with Crippen molar-refractivity contribution < 1.29 is 18.0 Å². The molecule has 0 aromatic heterocycles. The zero-order valence-corrected chi connectivity index (χ0v) is 14.5. The van der Waals surface area contributed by atoms with Crippen molar-refractivity contribution in [3.05, 3.63) is 77.2 Å². The molecule has 0 saturated carbocycles. The van der Waals surface area contributed by atoms with Gasteiger partial charge in [0.1, 0.15) is 0 Å². The summed E-state index contributed by atoms with van der Waals surface area (Å²) in [7, 11) is -3.61. The minimum atomic E-state index is -3.61. The second-order valence-electron chi connectivity index (χ2n) is 6.41. The minimum Gasteiger partial charge on any atom is -0.272 e. The van der Waals surface area contributed by atoms with E-state index in [9.17, 15) is 18.0 Å². The lowest BCUT2D eigenvalue weighted by Crippen LogP contribution is -2.47. The standard InChI is InChI=1S/C19H16N2O4S/c22-17-19(18(23)21-20-17)15(13-7-3-1-4-8-13)11-26(24,25)12-16(19)14-9-5-2-6-10-14/h1-11,16H,12H2,(H,20,22)(H,21,23). The summed E-state index contributed by atoms with van der Waals surface area (Å²) in [4.78, 5) is 25.8. The van der Waals surface area contributed by atoms with Gasteiger partial charge in [0.2, 0.25) is 0 Å². The van der Waals surface area contributed by atoms with E-state index in [1.54, 1.807) is 60.7 Å². The summed E-state index contributed by atoms with van der Waals surface area (Å²) < 4.78 is 25.3. The van der Waals surface area contributed by atoms with E-state index < -0.39 is 33.0 Å². The molecule has 2 aliphatic rings. The molecule has 1 unspecified atom stereocenters. The van der Waals surface area contributed by atoms with Crippen LogP contribution in [0.25, 0.3) is 5.57 Å². The molecule has 6 nitrogen and oxygen atoms in total. The molecule has 2 amide bonds. The Labute approximate surface area is 150 Å². The van der Waals surface area contributed by atoms with E-state index in [0.29, 0.717) is 11.1 Å². The van der Waals surface area contributed by atoms with Crippen LogP contribution in [0.4, 0.5) is 0 Å². The minimum absolute atomic E-state index is 0.200. The molecule has 132 valence electrons. The van der Waals surface area contributed by atoms with Crippen molar-refractivity contribution in [1.82, 2.24) is 10.9 Å². The second-order valence-corrected chi connectivity index (χ2v) is 8.30. The van der Waals surface area contributed by atoms with Crippen molar-refractivity contribution in [1.29, 1.82) is 0 Å². The van der Waals surface area contributed by atoms with Gasteiger partial charge in [0.15, 0.2) is 15.3 Å². The number of carbonyl (C=O) groups is 2. The lowest BCUT2D eigenvalue weighted by atomic mass is 9.65. The number of carbonyl (C=O) groups excluding carboxylic acids is 2. The predicted molar refractivity (Wildman–Crippen MR) is 96.1 cm³/mol. The highest BCUT2D eigenvalue weighted by Crippen LogP contribution is 2.52. The van der Waals surface area contributed by atoms with E-state index in [1.165, 1.54) is 0 Å². The first kappa shape index (κ1) is 16.5. The molecule has 7 heteroatoms. The molecule has 0 radical (unpaired) electrons. The number of benzene rings is 2. The second kappa shape index (κ2) is 5.81. The third-order valence-electron chi connectivity index (χ3n) is 4.94. The quantitative estimate of drug-likeness (QED) is 0.784. The first-order valence-corrected chi connectivity index (χ1v) is 9.83. The Bertz CT molecular complexity index is 998. The third-order valence-corrected chi connectivity index (χ3v) is 6.33. The molecule has 2 aromatic carbocycles. The van der Waals surface area contributed by atoms with Gasteiger partial charge in [-0.25, -0.2) is 8.42 Å². The van der Waals surface area contributed by atoms with Crippen LogP contribution in [0.2, 0.25) is 0 Å². The molecule has 2 N–H and O–H groups in total. The average molecular weight is 368 g/mol. The van der Waals surface area contributed by atoms with Gasteiger partial charge >= 0.3 is 0 Å². The van der Waals surface area contributed by atoms with Crippen LogP contribution in [-0.4, -0.2) is 26.0 Å². The zero-order chi connectivity index (χ0) is 18.4. The molecule has 2 aliphatic heterocycles. The zero-order valence-electron chi connectivity index (χ0n) is 13.7. The van der Waals surface area contributed by atoms with E-state index in [0.717, 1.165) is 5.41 Å². The Kier molecular flexibility index (Phi) is 3.69. The Balaban J connectivity index is 2.04. The van der Waals surface area contributed by atoms with Gasteiger partial charge in [-0.05, 0) is 16.7 Å². The number of hydrogen-bond acceptors (Lipinski definition) is 4. The Morgan fingerprint density at radius 2 is 1.38 bits per heavy atom. The molecule has 1 atom stereocenters. The molecular formula is C19H16N2O4S. The topological polar surface area (TPSA) is 92.3 Å². The van der Waals surface area contributed by atoms with Crippen LogP contribution in [0.15, 0.2) is 66.1 Å². The lowest BCUT2D eigenvalue weighted by Gasteiger charge is -2.37. The van der Waals surface area contributed by atoms with Crippen molar-refractivity contribution >= 4 is 27.2 Å². The van der Waals surface area contributed by atoms with Crippen LogP contribution >= 0.6 is 0 Å². The van der Waals surface area contributed by atoms with Crippen LogP contribution in [0.3, 0.4) is 0 Å². The number of hydrazine groups is 1.